The first-order valence-electron chi connectivity index (χ1n) is 11.9. The number of nitrogens with zero attached hydrogens (tertiary/aromatic N) is 1. The van der Waals surface area contributed by atoms with Gasteiger partial charge in [0.2, 0.25) is 0 Å². The van der Waals surface area contributed by atoms with Gasteiger partial charge in [-0.05, 0) is 41.0 Å². The molecular formula is C27H33NO4. The first kappa shape index (κ1) is 22.4. The van der Waals surface area contributed by atoms with Gasteiger partial charge < -0.3 is 9.84 Å². The number of benzene rings is 2. The van der Waals surface area contributed by atoms with E-state index in [0.717, 1.165) is 36.8 Å². The van der Waals surface area contributed by atoms with Crippen LogP contribution in [-0.2, 0) is 9.53 Å². The lowest BCUT2D eigenvalue weighted by atomic mass is 9.84. The fourth-order valence-electron chi connectivity index (χ4n) is 5.39. The number of carbonyl (C=O) groups excluding carboxylic acids is 1. The van der Waals surface area contributed by atoms with Crippen LogP contribution < -0.4 is 0 Å². The third-order valence-corrected chi connectivity index (χ3v) is 6.98. The molecule has 1 fully saturated rings. The van der Waals surface area contributed by atoms with Crippen molar-refractivity contribution in [2.75, 3.05) is 13.2 Å². The van der Waals surface area contributed by atoms with Crippen LogP contribution in [-0.4, -0.2) is 41.3 Å². The molecule has 0 spiro atoms. The first-order chi connectivity index (χ1) is 15.6. The van der Waals surface area contributed by atoms with Crippen molar-refractivity contribution < 1.29 is 19.4 Å². The van der Waals surface area contributed by atoms with Gasteiger partial charge in [0.05, 0.1) is 0 Å². The van der Waals surface area contributed by atoms with Crippen LogP contribution in [0.2, 0.25) is 0 Å². The van der Waals surface area contributed by atoms with Crippen molar-refractivity contribution in [1.82, 2.24) is 4.90 Å². The molecular weight excluding hydrogens is 402 g/mol. The van der Waals surface area contributed by atoms with Crippen molar-refractivity contribution in [3.8, 4) is 11.1 Å². The van der Waals surface area contributed by atoms with Crippen LogP contribution in [0, 0.1) is 5.92 Å². The van der Waals surface area contributed by atoms with Crippen LogP contribution in [0.3, 0.4) is 0 Å². The number of amides is 1. The predicted octanol–water partition coefficient (Wildman–Crippen LogP) is 6.07. The Hall–Kier alpha value is -2.82. The average molecular weight is 436 g/mol. The van der Waals surface area contributed by atoms with Gasteiger partial charge in [-0.15, -0.1) is 0 Å². The van der Waals surface area contributed by atoms with E-state index in [1.54, 1.807) is 0 Å². The number of rotatable bonds is 8. The fourth-order valence-corrected chi connectivity index (χ4v) is 5.39. The summed E-state index contributed by atoms with van der Waals surface area (Å²) in [6.07, 6.45) is 6.31. The number of hydrogen-bond acceptors (Lipinski definition) is 3. The average Bonchev–Trinajstić information content (AvgIpc) is 3.14. The quantitative estimate of drug-likeness (QED) is 0.546. The maximum Gasteiger partial charge on any atom is 0.410 e. The van der Waals surface area contributed by atoms with E-state index in [2.05, 4.69) is 24.3 Å². The van der Waals surface area contributed by atoms with Crippen LogP contribution >= 0.6 is 0 Å². The summed E-state index contributed by atoms with van der Waals surface area (Å²) in [4.78, 5) is 26.7. The molecule has 1 saturated carbocycles. The Balaban J connectivity index is 1.49. The standard InChI is InChI=1S/C27H33NO4/c1-2-16-28(25(26(29)30)17-19-10-4-3-5-11-19)27(31)32-18-24-22-14-8-6-12-20(22)21-13-7-9-15-23(21)24/h6-9,12-15,19,24-25H,2-5,10-11,16-18H2,1H3,(H,29,30). The smallest absolute Gasteiger partial charge is 0.410 e. The van der Waals surface area contributed by atoms with Gasteiger partial charge in [-0.3, -0.25) is 4.90 Å². The van der Waals surface area contributed by atoms with Crippen molar-refractivity contribution in [3.63, 3.8) is 0 Å². The van der Waals surface area contributed by atoms with Gasteiger partial charge in [-0.1, -0.05) is 87.6 Å². The van der Waals surface area contributed by atoms with Crippen LogP contribution in [0.25, 0.3) is 11.1 Å². The molecule has 5 nitrogen and oxygen atoms in total. The molecule has 1 N–H and O–H groups in total. The molecule has 1 unspecified atom stereocenters. The van der Waals surface area contributed by atoms with Crippen molar-refractivity contribution in [3.05, 3.63) is 59.7 Å². The van der Waals surface area contributed by atoms with Crippen LogP contribution in [0.4, 0.5) is 4.79 Å². The highest BCUT2D eigenvalue weighted by atomic mass is 16.6. The molecule has 0 aromatic heterocycles. The second-order valence-corrected chi connectivity index (χ2v) is 9.09. The van der Waals surface area contributed by atoms with Crippen molar-refractivity contribution in [1.29, 1.82) is 0 Å². The molecule has 2 aliphatic rings. The Labute approximate surface area is 190 Å². The highest BCUT2D eigenvalue weighted by Crippen LogP contribution is 2.44. The lowest BCUT2D eigenvalue weighted by Gasteiger charge is -2.32. The lowest BCUT2D eigenvalue weighted by Crippen LogP contribution is -2.47. The normalized spacial score (nSPS) is 16.8. The number of carboxylic acids is 1. The molecule has 0 heterocycles. The molecule has 1 atom stereocenters. The molecule has 5 heteroatoms. The van der Waals surface area contributed by atoms with E-state index < -0.39 is 18.1 Å². The largest absolute Gasteiger partial charge is 0.480 e. The highest BCUT2D eigenvalue weighted by molar-refractivity contribution is 5.81. The van der Waals surface area contributed by atoms with Crippen molar-refractivity contribution in [2.24, 2.45) is 5.92 Å². The molecule has 1 amide bonds. The number of carbonyl (C=O) groups is 2. The van der Waals surface area contributed by atoms with Gasteiger partial charge in [-0.25, -0.2) is 9.59 Å². The monoisotopic (exact) mass is 435 g/mol. The second kappa shape index (κ2) is 10.2. The molecule has 2 aromatic carbocycles. The Morgan fingerprint density at radius 2 is 1.59 bits per heavy atom. The van der Waals surface area contributed by atoms with Gasteiger partial charge in [0.1, 0.15) is 12.6 Å². The minimum absolute atomic E-state index is 0.0311. The lowest BCUT2D eigenvalue weighted by molar-refractivity contribution is -0.143. The Bertz CT molecular complexity index is 905. The Kier molecular flexibility index (Phi) is 7.13. The number of fused-ring (bicyclic) bond motifs is 3. The summed E-state index contributed by atoms with van der Waals surface area (Å²) in [5.74, 6) is -0.598. The summed E-state index contributed by atoms with van der Waals surface area (Å²) in [6.45, 7) is 2.56. The van der Waals surface area contributed by atoms with Crippen LogP contribution in [0.5, 0.6) is 0 Å². The van der Waals surface area contributed by atoms with Crippen molar-refractivity contribution >= 4 is 12.1 Å². The molecule has 4 rings (SSSR count). The summed E-state index contributed by atoms with van der Waals surface area (Å²) in [5, 5.41) is 9.94. The van der Waals surface area contributed by atoms with Crippen LogP contribution in [0.15, 0.2) is 48.5 Å². The van der Waals surface area contributed by atoms with Gasteiger partial charge in [0.15, 0.2) is 0 Å². The van der Waals surface area contributed by atoms with E-state index in [1.165, 1.54) is 22.4 Å². The molecule has 2 aromatic rings. The van der Waals surface area contributed by atoms with Crippen LogP contribution in [0.1, 0.15) is 68.9 Å². The van der Waals surface area contributed by atoms with E-state index in [9.17, 15) is 14.7 Å². The summed E-state index contributed by atoms with van der Waals surface area (Å²) < 4.78 is 5.80. The Morgan fingerprint density at radius 3 is 2.16 bits per heavy atom. The van der Waals surface area contributed by atoms with E-state index in [-0.39, 0.29) is 12.5 Å². The summed E-state index contributed by atoms with van der Waals surface area (Å²) in [6, 6.07) is 15.6. The summed E-state index contributed by atoms with van der Waals surface area (Å²) in [7, 11) is 0. The van der Waals surface area contributed by atoms with Gasteiger partial charge in [0, 0.05) is 12.5 Å². The number of hydrogen-bond donors (Lipinski definition) is 1. The maximum absolute atomic E-state index is 13.1. The zero-order valence-corrected chi connectivity index (χ0v) is 18.8. The number of aliphatic carboxylic acids is 1. The second-order valence-electron chi connectivity index (χ2n) is 9.09. The molecule has 0 radical (unpaired) electrons. The predicted molar refractivity (Wildman–Crippen MR) is 125 cm³/mol. The van der Waals surface area contributed by atoms with Gasteiger partial charge in [-0.2, -0.15) is 0 Å². The third-order valence-electron chi connectivity index (χ3n) is 6.98. The summed E-state index contributed by atoms with van der Waals surface area (Å²) >= 11 is 0. The molecule has 32 heavy (non-hydrogen) atoms. The first-order valence-corrected chi connectivity index (χ1v) is 11.9. The minimum atomic E-state index is -0.933. The molecule has 2 aliphatic carbocycles. The highest BCUT2D eigenvalue weighted by Gasteiger charge is 2.34. The molecule has 0 bridgehead atoms. The maximum atomic E-state index is 13.1. The van der Waals surface area contributed by atoms with E-state index >= 15 is 0 Å². The van der Waals surface area contributed by atoms with Gasteiger partial charge in [0.25, 0.3) is 0 Å². The third kappa shape index (κ3) is 4.67. The SMILES string of the molecule is CCCN(C(=O)OCC1c2ccccc2-c2ccccc21)C(CC1CCCCC1)C(=O)O. The van der Waals surface area contributed by atoms with E-state index in [1.807, 2.05) is 31.2 Å². The molecule has 0 aliphatic heterocycles. The minimum Gasteiger partial charge on any atom is -0.480 e. The van der Waals surface area contributed by atoms with Gasteiger partial charge >= 0.3 is 12.1 Å². The van der Waals surface area contributed by atoms with Crippen molar-refractivity contribution in [2.45, 2.75) is 63.8 Å². The summed E-state index contributed by atoms with van der Waals surface area (Å²) in [5.41, 5.74) is 4.66. The fraction of sp³-hybridized carbons (Fsp3) is 0.481. The topological polar surface area (TPSA) is 66.8 Å². The zero-order valence-electron chi connectivity index (χ0n) is 18.8. The molecule has 170 valence electrons. The van der Waals surface area contributed by atoms with E-state index in [4.69, 9.17) is 4.74 Å². The molecule has 0 saturated heterocycles. The number of ether oxygens (including phenoxy) is 1. The zero-order chi connectivity index (χ0) is 22.5. The number of carboxylic acid groups (broad SMARTS) is 1. The van der Waals surface area contributed by atoms with E-state index in [0.29, 0.717) is 25.3 Å². The Morgan fingerprint density at radius 1 is 1.00 bits per heavy atom.